The highest BCUT2D eigenvalue weighted by Gasteiger charge is 2.06. The van der Waals surface area contributed by atoms with E-state index in [2.05, 4.69) is 0 Å². The maximum atomic E-state index is 11.1. The van der Waals surface area contributed by atoms with Gasteiger partial charge in [0.15, 0.2) is 0 Å². The Kier molecular flexibility index (Phi) is 28.4. The Morgan fingerprint density at radius 2 is 0.500 bits per heavy atom. The summed E-state index contributed by atoms with van der Waals surface area (Å²) in [6, 6.07) is 0. The molecule has 0 bridgehead atoms. The summed E-state index contributed by atoms with van der Waals surface area (Å²) in [5.41, 5.74) is 0. The SMILES string of the molecule is CC(=O)CC(=O)OCCOCCOCCOCCOCCOCCOCCOCCOCCOC(=O)CC(C)=O. The van der Waals surface area contributed by atoms with Crippen LogP contribution in [-0.4, -0.2) is 142 Å². The fourth-order valence-corrected chi connectivity index (χ4v) is 2.58. The van der Waals surface area contributed by atoms with Gasteiger partial charge in [-0.1, -0.05) is 0 Å². The molecule has 234 valence electrons. The van der Waals surface area contributed by atoms with Crippen molar-refractivity contribution in [2.24, 2.45) is 0 Å². The molecule has 0 aliphatic rings. The van der Waals surface area contributed by atoms with Gasteiger partial charge in [-0.3, -0.25) is 19.2 Å². The number of rotatable bonds is 31. The first kappa shape index (κ1) is 38.0. The molecule has 0 aromatic heterocycles. The molecule has 0 fully saturated rings. The van der Waals surface area contributed by atoms with Crippen LogP contribution in [-0.2, 0) is 66.5 Å². The van der Waals surface area contributed by atoms with Crippen LogP contribution < -0.4 is 0 Å². The highest BCUT2D eigenvalue weighted by molar-refractivity contribution is 5.94. The summed E-state index contributed by atoms with van der Waals surface area (Å²) in [7, 11) is 0. The van der Waals surface area contributed by atoms with E-state index in [1.54, 1.807) is 0 Å². The number of carbonyl (C=O) groups excluding carboxylic acids is 4. The minimum absolute atomic E-state index is 0.109. The second-order valence-corrected chi connectivity index (χ2v) is 8.10. The molecular formula is C26H46O14. The Labute approximate surface area is 236 Å². The minimum atomic E-state index is -0.547. The predicted octanol–water partition coefficient (Wildman–Crippen LogP) is 0.164. The number of esters is 2. The van der Waals surface area contributed by atoms with Gasteiger partial charge in [0.2, 0.25) is 0 Å². The lowest BCUT2D eigenvalue weighted by molar-refractivity contribution is -0.148. The zero-order chi connectivity index (χ0) is 29.5. The first-order chi connectivity index (χ1) is 19.4. The Morgan fingerprint density at radius 1 is 0.325 bits per heavy atom. The van der Waals surface area contributed by atoms with Gasteiger partial charge in [0, 0.05) is 0 Å². The average molecular weight is 583 g/mol. The van der Waals surface area contributed by atoms with E-state index < -0.39 is 11.9 Å². The molecule has 0 aliphatic heterocycles. The van der Waals surface area contributed by atoms with Crippen LogP contribution in [0.1, 0.15) is 26.7 Å². The summed E-state index contributed by atoms with van der Waals surface area (Å²) in [6.07, 6.45) is -0.433. The molecule has 14 nitrogen and oxygen atoms in total. The van der Waals surface area contributed by atoms with Crippen molar-refractivity contribution in [3.05, 3.63) is 0 Å². The van der Waals surface area contributed by atoms with Crippen LogP contribution in [0.4, 0.5) is 0 Å². The number of ketones is 2. The molecule has 0 saturated carbocycles. The van der Waals surface area contributed by atoms with Gasteiger partial charge in [0.05, 0.1) is 106 Å². The van der Waals surface area contributed by atoms with Crippen LogP contribution in [0.25, 0.3) is 0 Å². The van der Waals surface area contributed by atoms with E-state index in [0.717, 1.165) is 0 Å². The van der Waals surface area contributed by atoms with Crippen LogP contribution in [0.2, 0.25) is 0 Å². The van der Waals surface area contributed by atoms with Crippen molar-refractivity contribution in [3.8, 4) is 0 Å². The number of hydrogen-bond donors (Lipinski definition) is 0. The molecule has 14 heteroatoms. The molecule has 0 amide bonds. The summed E-state index contributed by atoms with van der Waals surface area (Å²) in [5, 5.41) is 0. The molecular weight excluding hydrogens is 536 g/mol. The fourth-order valence-electron chi connectivity index (χ4n) is 2.58. The molecule has 0 atom stereocenters. The lowest BCUT2D eigenvalue weighted by Crippen LogP contribution is -2.16. The van der Waals surface area contributed by atoms with E-state index in [4.69, 9.17) is 47.4 Å². The maximum Gasteiger partial charge on any atom is 0.313 e. The number of hydrogen-bond acceptors (Lipinski definition) is 14. The van der Waals surface area contributed by atoms with Crippen LogP contribution in [0.3, 0.4) is 0 Å². The van der Waals surface area contributed by atoms with Crippen molar-refractivity contribution in [1.82, 2.24) is 0 Å². The topological polar surface area (TPSA) is 161 Å². The molecule has 0 heterocycles. The van der Waals surface area contributed by atoms with Crippen molar-refractivity contribution in [1.29, 1.82) is 0 Å². The van der Waals surface area contributed by atoms with Gasteiger partial charge in [-0.15, -0.1) is 0 Å². The zero-order valence-corrected chi connectivity index (χ0v) is 23.9. The number of Topliss-reactive ketones (excluding diaryl/α,β-unsaturated/α-hetero) is 2. The van der Waals surface area contributed by atoms with Gasteiger partial charge < -0.3 is 47.4 Å². The van der Waals surface area contributed by atoms with E-state index in [1.165, 1.54) is 13.8 Å². The molecule has 0 aliphatic carbocycles. The molecule has 0 rings (SSSR count). The Morgan fingerprint density at radius 3 is 0.675 bits per heavy atom. The van der Waals surface area contributed by atoms with Crippen LogP contribution in [0.15, 0.2) is 0 Å². The third-order valence-electron chi connectivity index (χ3n) is 4.37. The third-order valence-corrected chi connectivity index (χ3v) is 4.37. The minimum Gasteiger partial charge on any atom is -0.463 e. The summed E-state index contributed by atoms with van der Waals surface area (Å²) >= 11 is 0. The van der Waals surface area contributed by atoms with E-state index >= 15 is 0 Å². The van der Waals surface area contributed by atoms with Crippen LogP contribution in [0, 0.1) is 0 Å². The summed E-state index contributed by atoms with van der Waals surface area (Å²) in [5.74, 6) is -1.56. The molecule has 0 aromatic carbocycles. The largest absolute Gasteiger partial charge is 0.463 e. The Bertz CT molecular complexity index is 589. The fraction of sp³-hybridized carbons (Fsp3) is 0.846. The molecule has 0 aromatic rings. The summed E-state index contributed by atoms with van der Waals surface area (Å²) in [6.45, 7) is 9.40. The highest BCUT2D eigenvalue weighted by atomic mass is 16.6. The van der Waals surface area contributed by atoms with E-state index in [0.29, 0.717) is 92.5 Å². The second kappa shape index (κ2) is 29.9. The third kappa shape index (κ3) is 32.2. The standard InChI is InChI=1S/C26H46O14/c1-23(27)21-25(29)39-19-17-37-15-13-35-11-9-33-7-5-31-3-4-32-6-8-34-10-12-36-14-16-38-18-20-40-26(30)22-24(2)28/h3-22H2,1-2H3. The molecule has 0 N–H and O–H groups in total. The quantitative estimate of drug-likeness (QED) is 0.0618. The number of carbonyl (C=O) groups is 4. The summed E-state index contributed by atoms with van der Waals surface area (Å²) in [4.78, 5) is 43.8. The van der Waals surface area contributed by atoms with Crippen molar-refractivity contribution in [3.63, 3.8) is 0 Å². The van der Waals surface area contributed by atoms with Crippen molar-refractivity contribution >= 4 is 23.5 Å². The van der Waals surface area contributed by atoms with Gasteiger partial charge in [0.25, 0.3) is 0 Å². The molecule has 0 unspecified atom stereocenters. The molecule has 0 spiro atoms. The predicted molar refractivity (Wildman–Crippen MR) is 139 cm³/mol. The van der Waals surface area contributed by atoms with E-state index in [9.17, 15) is 19.2 Å². The lowest BCUT2D eigenvalue weighted by atomic mass is 10.3. The Hall–Kier alpha value is -2.04. The highest BCUT2D eigenvalue weighted by Crippen LogP contribution is 1.90. The average Bonchev–Trinajstić information content (AvgIpc) is 2.89. The van der Waals surface area contributed by atoms with E-state index in [1.807, 2.05) is 0 Å². The van der Waals surface area contributed by atoms with Crippen molar-refractivity contribution < 1.29 is 66.5 Å². The molecule has 0 radical (unpaired) electrons. The van der Waals surface area contributed by atoms with E-state index in [-0.39, 0.29) is 50.8 Å². The number of ether oxygens (including phenoxy) is 10. The van der Waals surface area contributed by atoms with Gasteiger partial charge >= 0.3 is 11.9 Å². The normalized spacial score (nSPS) is 10.9. The van der Waals surface area contributed by atoms with Crippen molar-refractivity contribution in [2.75, 3.05) is 119 Å². The van der Waals surface area contributed by atoms with Gasteiger partial charge in [-0.05, 0) is 13.8 Å². The second-order valence-electron chi connectivity index (χ2n) is 8.10. The van der Waals surface area contributed by atoms with Crippen LogP contribution in [0.5, 0.6) is 0 Å². The van der Waals surface area contributed by atoms with Crippen molar-refractivity contribution in [2.45, 2.75) is 26.7 Å². The smallest absolute Gasteiger partial charge is 0.313 e. The monoisotopic (exact) mass is 582 g/mol. The lowest BCUT2D eigenvalue weighted by Gasteiger charge is -2.09. The van der Waals surface area contributed by atoms with Gasteiger partial charge in [0.1, 0.15) is 37.6 Å². The Balaban J connectivity index is 3.12. The zero-order valence-electron chi connectivity index (χ0n) is 23.9. The summed E-state index contributed by atoms with van der Waals surface area (Å²) < 4.78 is 52.5. The molecule has 0 saturated heterocycles. The van der Waals surface area contributed by atoms with Gasteiger partial charge in [-0.25, -0.2) is 0 Å². The first-order valence-electron chi connectivity index (χ1n) is 13.3. The molecule has 40 heavy (non-hydrogen) atoms. The van der Waals surface area contributed by atoms with Crippen LogP contribution >= 0.6 is 0 Å². The van der Waals surface area contributed by atoms with Gasteiger partial charge in [-0.2, -0.15) is 0 Å². The maximum absolute atomic E-state index is 11.1. The first-order valence-corrected chi connectivity index (χ1v) is 13.3.